The van der Waals surface area contributed by atoms with Crippen molar-refractivity contribution in [3.63, 3.8) is 0 Å². The van der Waals surface area contributed by atoms with E-state index in [9.17, 15) is 14.7 Å². The van der Waals surface area contributed by atoms with E-state index in [2.05, 4.69) is 10.5 Å². The summed E-state index contributed by atoms with van der Waals surface area (Å²) in [5.74, 6) is 0.459. The quantitative estimate of drug-likeness (QED) is 0.264. The molecule has 2 unspecified atom stereocenters. The highest BCUT2D eigenvalue weighted by Crippen LogP contribution is 2.46. The monoisotopic (exact) mass is 599 g/mol. The van der Waals surface area contributed by atoms with Gasteiger partial charge >= 0.3 is 12.0 Å². The SMILES string of the molecule is CCOc1cc(C(=O)O)ccc1NC(=O)N1C2CCC1CC(OCc1c(-c3c(Cl)cccc3Cl)noc1C1CC1)C2. The largest absolute Gasteiger partial charge is 0.492 e. The van der Waals surface area contributed by atoms with Crippen molar-refractivity contribution in [3.8, 4) is 17.0 Å². The first-order valence-corrected chi connectivity index (χ1v) is 14.7. The second kappa shape index (κ2) is 11.5. The Labute approximate surface area is 247 Å². The molecule has 3 aliphatic rings. The van der Waals surface area contributed by atoms with Crippen LogP contribution in [0.15, 0.2) is 40.9 Å². The molecule has 2 bridgehead atoms. The van der Waals surface area contributed by atoms with Crippen LogP contribution in [0.4, 0.5) is 10.5 Å². The van der Waals surface area contributed by atoms with E-state index in [4.69, 9.17) is 37.2 Å². The minimum Gasteiger partial charge on any atom is -0.492 e. The molecule has 1 saturated carbocycles. The number of carboxylic acids is 1. The number of ether oxygens (including phenoxy) is 2. The summed E-state index contributed by atoms with van der Waals surface area (Å²) in [4.78, 5) is 26.7. The molecule has 11 heteroatoms. The highest BCUT2D eigenvalue weighted by Gasteiger charge is 2.44. The first kappa shape index (κ1) is 27.9. The standard InChI is InChI=1S/C30H31Cl2N3O6/c1-2-39-25-12-17(29(36)37)8-11-24(25)33-30(38)35-18-9-10-19(35)14-20(13-18)40-15-21-27(34-41-28(21)16-6-7-16)26-22(31)4-3-5-23(26)32/h3-5,8,11-12,16,18-20H,2,6-7,9-10,13-15H2,1H3,(H,33,38)(H,36,37). The van der Waals surface area contributed by atoms with Crippen LogP contribution < -0.4 is 10.1 Å². The number of hydrogen-bond donors (Lipinski definition) is 2. The van der Waals surface area contributed by atoms with Crippen molar-refractivity contribution in [1.29, 1.82) is 0 Å². The summed E-state index contributed by atoms with van der Waals surface area (Å²) in [7, 11) is 0. The Kier molecular flexibility index (Phi) is 7.85. The summed E-state index contributed by atoms with van der Waals surface area (Å²) >= 11 is 13.0. The number of urea groups is 1. The molecule has 3 aromatic rings. The number of carboxylic acid groups (broad SMARTS) is 1. The Morgan fingerprint density at radius 1 is 1.10 bits per heavy atom. The number of nitrogens with one attached hydrogen (secondary N) is 1. The van der Waals surface area contributed by atoms with Crippen LogP contribution in [-0.4, -0.2) is 52.0 Å². The zero-order chi connectivity index (χ0) is 28.7. The minimum absolute atomic E-state index is 0.0260. The average Bonchev–Trinajstić information content (AvgIpc) is 3.65. The summed E-state index contributed by atoms with van der Waals surface area (Å²) in [5.41, 5.74) is 2.72. The lowest BCUT2D eigenvalue weighted by atomic mass is 9.99. The van der Waals surface area contributed by atoms with Crippen molar-refractivity contribution < 1.29 is 28.7 Å². The first-order valence-electron chi connectivity index (χ1n) is 14.0. The molecule has 0 spiro atoms. The third-order valence-corrected chi connectivity index (χ3v) is 8.75. The van der Waals surface area contributed by atoms with Gasteiger partial charge in [0.15, 0.2) is 0 Å². The van der Waals surface area contributed by atoms with Gasteiger partial charge in [0.2, 0.25) is 0 Å². The molecule has 1 aliphatic carbocycles. The van der Waals surface area contributed by atoms with Gasteiger partial charge in [-0.3, -0.25) is 0 Å². The number of carbonyl (C=O) groups excluding carboxylic acids is 1. The number of carbonyl (C=O) groups is 2. The van der Waals surface area contributed by atoms with Crippen LogP contribution in [0.2, 0.25) is 10.0 Å². The van der Waals surface area contributed by atoms with Crippen molar-refractivity contribution in [2.45, 2.75) is 76.2 Å². The summed E-state index contributed by atoms with van der Waals surface area (Å²) in [6.07, 6.45) is 5.31. The van der Waals surface area contributed by atoms with E-state index in [1.54, 1.807) is 24.3 Å². The van der Waals surface area contributed by atoms with Crippen molar-refractivity contribution in [2.24, 2.45) is 0 Å². The van der Waals surface area contributed by atoms with E-state index in [1.807, 2.05) is 11.8 Å². The lowest BCUT2D eigenvalue weighted by Crippen LogP contribution is -2.50. The van der Waals surface area contributed by atoms with E-state index in [0.29, 0.717) is 64.7 Å². The Morgan fingerprint density at radius 2 is 1.80 bits per heavy atom. The molecule has 0 radical (unpaired) electrons. The van der Waals surface area contributed by atoms with E-state index in [0.717, 1.165) is 37.0 Å². The fourth-order valence-electron chi connectivity index (χ4n) is 6.06. The van der Waals surface area contributed by atoms with Gasteiger partial charge in [0.25, 0.3) is 0 Å². The molecule has 2 atom stereocenters. The molecule has 2 aliphatic heterocycles. The molecule has 3 heterocycles. The van der Waals surface area contributed by atoms with Gasteiger partial charge in [-0.25, -0.2) is 9.59 Å². The van der Waals surface area contributed by atoms with Crippen LogP contribution in [0.3, 0.4) is 0 Å². The number of aromatic carboxylic acids is 1. The lowest BCUT2D eigenvalue weighted by molar-refractivity contribution is -0.0158. The van der Waals surface area contributed by atoms with Crippen molar-refractivity contribution in [3.05, 3.63) is 63.3 Å². The number of nitrogens with zero attached hydrogens (tertiary/aromatic N) is 2. The Hall–Kier alpha value is -3.27. The number of hydrogen-bond acceptors (Lipinski definition) is 6. The Bertz CT molecular complexity index is 1440. The molecule has 1 aromatic heterocycles. The van der Waals surface area contributed by atoms with Crippen molar-refractivity contribution in [1.82, 2.24) is 10.1 Å². The Morgan fingerprint density at radius 3 is 2.44 bits per heavy atom. The average molecular weight is 600 g/mol. The molecule has 2 aromatic carbocycles. The lowest BCUT2D eigenvalue weighted by Gasteiger charge is -2.38. The summed E-state index contributed by atoms with van der Waals surface area (Å²) in [6, 6.07) is 9.69. The van der Waals surface area contributed by atoms with Crippen LogP contribution in [0.5, 0.6) is 5.75 Å². The number of amides is 2. The molecule has 2 saturated heterocycles. The third kappa shape index (κ3) is 5.63. The molecular formula is C30H31Cl2N3O6. The number of benzene rings is 2. The predicted molar refractivity (Wildman–Crippen MR) is 154 cm³/mol. The minimum atomic E-state index is -1.05. The third-order valence-electron chi connectivity index (χ3n) is 8.12. The molecular weight excluding hydrogens is 569 g/mol. The van der Waals surface area contributed by atoms with Crippen LogP contribution in [-0.2, 0) is 11.3 Å². The molecule has 3 fully saturated rings. The predicted octanol–water partition coefficient (Wildman–Crippen LogP) is 7.37. The van der Waals surface area contributed by atoms with Crippen LogP contribution in [0.1, 0.15) is 73.0 Å². The number of aromatic nitrogens is 1. The van der Waals surface area contributed by atoms with Gasteiger partial charge in [-0.1, -0.05) is 34.4 Å². The molecule has 216 valence electrons. The maximum Gasteiger partial charge on any atom is 0.335 e. The Balaban J connectivity index is 1.14. The van der Waals surface area contributed by atoms with Crippen LogP contribution in [0, 0.1) is 0 Å². The van der Waals surface area contributed by atoms with Gasteiger partial charge in [-0.2, -0.15) is 0 Å². The van der Waals surface area contributed by atoms with Crippen LogP contribution in [0.25, 0.3) is 11.3 Å². The van der Waals surface area contributed by atoms with E-state index >= 15 is 0 Å². The number of rotatable bonds is 9. The summed E-state index contributed by atoms with van der Waals surface area (Å²) in [5, 5.41) is 17.6. The molecule has 9 nitrogen and oxygen atoms in total. The van der Waals surface area contributed by atoms with Gasteiger partial charge in [0.05, 0.1) is 40.6 Å². The van der Waals surface area contributed by atoms with Gasteiger partial charge < -0.3 is 29.3 Å². The highest BCUT2D eigenvalue weighted by atomic mass is 35.5. The second-order valence-corrected chi connectivity index (χ2v) is 11.6. The van der Waals surface area contributed by atoms with Crippen molar-refractivity contribution >= 4 is 40.9 Å². The highest BCUT2D eigenvalue weighted by molar-refractivity contribution is 6.39. The van der Waals surface area contributed by atoms with E-state index < -0.39 is 5.97 Å². The number of anilines is 1. The van der Waals surface area contributed by atoms with Crippen molar-refractivity contribution in [2.75, 3.05) is 11.9 Å². The fourth-order valence-corrected chi connectivity index (χ4v) is 6.63. The zero-order valence-electron chi connectivity index (χ0n) is 22.6. The van der Waals surface area contributed by atoms with Gasteiger partial charge in [-0.15, -0.1) is 0 Å². The number of fused-ring (bicyclic) bond motifs is 2. The normalized spacial score (nSPS) is 21.6. The fraction of sp³-hybridized carbons (Fsp3) is 0.433. The molecule has 2 N–H and O–H groups in total. The summed E-state index contributed by atoms with van der Waals surface area (Å²) < 4.78 is 17.9. The smallest absolute Gasteiger partial charge is 0.335 e. The number of piperidine rings is 1. The second-order valence-electron chi connectivity index (χ2n) is 10.8. The van der Waals surface area contributed by atoms with E-state index in [1.165, 1.54) is 12.1 Å². The zero-order valence-corrected chi connectivity index (χ0v) is 24.1. The molecule has 41 heavy (non-hydrogen) atoms. The van der Waals surface area contributed by atoms with Gasteiger partial charge in [-0.05, 0) is 75.8 Å². The number of halogens is 2. The first-order chi connectivity index (χ1) is 19.8. The van der Waals surface area contributed by atoms with E-state index in [-0.39, 0.29) is 29.8 Å². The van der Waals surface area contributed by atoms with Gasteiger partial charge in [0, 0.05) is 29.1 Å². The molecule has 6 rings (SSSR count). The summed E-state index contributed by atoms with van der Waals surface area (Å²) in [6.45, 7) is 2.48. The topological polar surface area (TPSA) is 114 Å². The van der Waals surface area contributed by atoms with Crippen LogP contribution >= 0.6 is 23.2 Å². The molecule has 2 amide bonds. The maximum atomic E-state index is 13.4. The maximum absolute atomic E-state index is 13.4. The van der Waals surface area contributed by atoms with Gasteiger partial charge in [0.1, 0.15) is 17.2 Å².